The second-order valence-corrected chi connectivity index (χ2v) is 6.14. The standard InChI is InChI=1S/C14H13F3N4OS/c15-14(16,17)9-2-1-3-10(6-9)18-11(22)7-23-13-19-12(20-21-13)8-4-5-8/h1-3,6,8H,4-5,7H2,(H,18,22)(H,19,20,21). The van der Waals surface area contributed by atoms with Gasteiger partial charge in [0.05, 0.1) is 11.3 Å². The van der Waals surface area contributed by atoms with Crippen molar-refractivity contribution in [3.63, 3.8) is 0 Å². The van der Waals surface area contributed by atoms with Gasteiger partial charge in [0.1, 0.15) is 5.82 Å². The molecule has 0 radical (unpaired) electrons. The third-order valence-electron chi connectivity index (χ3n) is 3.25. The highest BCUT2D eigenvalue weighted by Gasteiger charge is 2.30. The van der Waals surface area contributed by atoms with E-state index in [9.17, 15) is 18.0 Å². The molecule has 1 aliphatic rings. The largest absolute Gasteiger partial charge is 0.416 e. The van der Waals surface area contributed by atoms with Gasteiger partial charge in [-0.15, -0.1) is 5.10 Å². The van der Waals surface area contributed by atoms with Crippen LogP contribution in [0.25, 0.3) is 0 Å². The highest BCUT2D eigenvalue weighted by atomic mass is 32.2. The van der Waals surface area contributed by atoms with Crippen molar-refractivity contribution >= 4 is 23.4 Å². The summed E-state index contributed by atoms with van der Waals surface area (Å²) in [7, 11) is 0. The highest BCUT2D eigenvalue weighted by Crippen LogP contribution is 2.38. The summed E-state index contributed by atoms with van der Waals surface area (Å²) in [5, 5.41) is 9.73. The molecule has 5 nitrogen and oxygen atoms in total. The van der Waals surface area contributed by atoms with Gasteiger partial charge in [-0.25, -0.2) is 4.98 Å². The number of alkyl halides is 3. The molecule has 0 saturated heterocycles. The van der Waals surface area contributed by atoms with Crippen LogP contribution in [0.3, 0.4) is 0 Å². The van der Waals surface area contributed by atoms with E-state index >= 15 is 0 Å². The first-order chi connectivity index (χ1) is 10.9. The average molecular weight is 342 g/mol. The minimum atomic E-state index is -4.44. The summed E-state index contributed by atoms with van der Waals surface area (Å²) in [4.78, 5) is 16.1. The molecule has 1 saturated carbocycles. The van der Waals surface area contributed by atoms with Gasteiger partial charge in [-0.1, -0.05) is 17.8 Å². The van der Waals surface area contributed by atoms with E-state index in [1.807, 2.05) is 0 Å². The van der Waals surface area contributed by atoms with Gasteiger partial charge in [-0.05, 0) is 31.0 Å². The highest BCUT2D eigenvalue weighted by molar-refractivity contribution is 7.99. The molecule has 1 aromatic carbocycles. The number of amides is 1. The van der Waals surface area contributed by atoms with E-state index in [4.69, 9.17) is 0 Å². The van der Waals surface area contributed by atoms with Crippen molar-refractivity contribution in [3.8, 4) is 0 Å². The predicted molar refractivity (Wildman–Crippen MR) is 79.2 cm³/mol. The SMILES string of the molecule is O=C(CSc1n[nH]c(C2CC2)n1)Nc1cccc(C(F)(F)F)c1. The Hall–Kier alpha value is -2.03. The summed E-state index contributed by atoms with van der Waals surface area (Å²) in [5.74, 6) is 0.881. The van der Waals surface area contributed by atoms with Crippen molar-refractivity contribution in [2.24, 2.45) is 0 Å². The molecule has 0 aliphatic heterocycles. The molecule has 1 aromatic heterocycles. The predicted octanol–water partition coefficient (Wildman–Crippen LogP) is 3.43. The maximum Gasteiger partial charge on any atom is 0.416 e. The fourth-order valence-corrected chi connectivity index (χ4v) is 2.57. The molecule has 2 N–H and O–H groups in total. The Morgan fingerprint density at radius 3 is 2.87 bits per heavy atom. The molecule has 1 amide bonds. The molecule has 0 unspecified atom stereocenters. The molecule has 2 aromatic rings. The number of carbonyl (C=O) groups is 1. The lowest BCUT2D eigenvalue weighted by molar-refractivity contribution is -0.137. The fourth-order valence-electron chi connectivity index (χ4n) is 1.96. The number of H-pyrrole nitrogens is 1. The summed E-state index contributed by atoms with van der Waals surface area (Å²) in [5.41, 5.74) is -0.690. The third-order valence-corrected chi connectivity index (χ3v) is 4.10. The zero-order valence-electron chi connectivity index (χ0n) is 11.9. The van der Waals surface area contributed by atoms with E-state index in [0.717, 1.165) is 42.6 Å². The Bertz CT molecular complexity index is 712. The molecular weight excluding hydrogens is 329 g/mol. The van der Waals surface area contributed by atoms with Crippen LogP contribution < -0.4 is 5.32 Å². The lowest BCUT2D eigenvalue weighted by Crippen LogP contribution is -2.15. The number of benzene rings is 1. The summed E-state index contributed by atoms with van der Waals surface area (Å²) < 4.78 is 37.8. The summed E-state index contributed by atoms with van der Waals surface area (Å²) in [6, 6.07) is 4.52. The first-order valence-corrected chi connectivity index (χ1v) is 7.92. The molecular formula is C14H13F3N4OS. The fraction of sp³-hybridized carbons (Fsp3) is 0.357. The number of aromatic nitrogens is 3. The van der Waals surface area contributed by atoms with E-state index in [-0.39, 0.29) is 11.4 Å². The number of hydrogen-bond donors (Lipinski definition) is 2. The molecule has 1 fully saturated rings. The number of thioether (sulfide) groups is 1. The van der Waals surface area contributed by atoms with Crippen LogP contribution in [-0.4, -0.2) is 26.8 Å². The lowest BCUT2D eigenvalue weighted by Gasteiger charge is -2.09. The first-order valence-electron chi connectivity index (χ1n) is 6.94. The number of aromatic amines is 1. The Morgan fingerprint density at radius 1 is 1.39 bits per heavy atom. The van der Waals surface area contributed by atoms with Crippen LogP contribution in [0.15, 0.2) is 29.4 Å². The Kier molecular flexibility index (Phi) is 4.29. The van der Waals surface area contributed by atoms with E-state index in [1.54, 1.807) is 0 Å². The van der Waals surface area contributed by atoms with Crippen LogP contribution >= 0.6 is 11.8 Å². The maximum atomic E-state index is 12.6. The zero-order chi connectivity index (χ0) is 16.4. The van der Waals surface area contributed by atoms with Crippen LogP contribution in [0.5, 0.6) is 0 Å². The quantitative estimate of drug-likeness (QED) is 0.817. The molecule has 1 heterocycles. The third kappa shape index (κ3) is 4.25. The molecule has 9 heteroatoms. The van der Waals surface area contributed by atoms with Crippen molar-refractivity contribution in [3.05, 3.63) is 35.7 Å². The number of nitrogens with one attached hydrogen (secondary N) is 2. The molecule has 3 rings (SSSR count). The summed E-state index contributed by atoms with van der Waals surface area (Å²) in [6.07, 6.45) is -2.25. The van der Waals surface area contributed by atoms with Crippen molar-refractivity contribution < 1.29 is 18.0 Å². The van der Waals surface area contributed by atoms with Gasteiger partial charge in [-0.3, -0.25) is 9.89 Å². The average Bonchev–Trinajstić information content (AvgIpc) is 3.23. The Morgan fingerprint density at radius 2 is 2.17 bits per heavy atom. The minimum absolute atomic E-state index is 0.0260. The van der Waals surface area contributed by atoms with Crippen LogP contribution in [-0.2, 0) is 11.0 Å². The van der Waals surface area contributed by atoms with E-state index in [0.29, 0.717) is 11.1 Å². The number of rotatable bonds is 5. The second-order valence-electron chi connectivity index (χ2n) is 5.19. The Balaban J connectivity index is 1.54. The Labute approximate surface area is 134 Å². The van der Waals surface area contributed by atoms with Gasteiger partial charge in [0, 0.05) is 11.6 Å². The van der Waals surface area contributed by atoms with Crippen molar-refractivity contribution in [1.29, 1.82) is 0 Å². The molecule has 0 spiro atoms. The lowest BCUT2D eigenvalue weighted by atomic mass is 10.2. The van der Waals surface area contributed by atoms with Crippen LogP contribution in [0, 0.1) is 0 Å². The van der Waals surface area contributed by atoms with Gasteiger partial charge in [0.15, 0.2) is 0 Å². The number of hydrogen-bond acceptors (Lipinski definition) is 4. The molecule has 122 valence electrons. The minimum Gasteiger partial charge on any atom is -0.325 e. The number of nitrogens with zero attached hydrogens (tertiary/aromatic N) is 2. The molecule has 1 aliphatic carbocycles. The number of carbonyl (C=O) groups excluding carboxylic acids is 1. The molecule has 0 atom stereocenters. The van der Waals surface area contributed by atoms with Crippen molar-refractivity contribution in [1.82, 2.24) is 15.2 Å². The second kappa shape index (κ2) is 6.23. The number of anilines is 1. The monoisotopic (exact) mass is 342 g/mol. The van der Waals surface area contributed by atoms with Gasteiger partial charge in [-0.2, -0.15) is 13.2 Å². The number of halogens is 3. The normalized spacial score (nSPS) is 14.7. The van der Waals surface area contributed by atoms with Crippen LogP contribution in [0.4, 0.5) is 18.9 Å². The first kappa shape index (κ1) is 15.9. The maximum absolute atomic E-state index is 12.6. The summed E-state index contributed by atoms with van der Waals surface area (Å²) in [6.45, 7) is 0. The van der Waals surface area contributed by atoms with Crippen LogP contribution in [0.2, 0.25) is 0 Å². The molecule has 0 bridgehead atoms. The van der Waals surface area contributed by atoms with Gasteiger partial charge in [0.25, 0.3) is 0 Å². The zero-order valence-corrected chi connectivity index (χ0v) is 12.7. The van der Waals surface area contributed by atoms with Gasteiger partial charge in [0.2, 0.25) is 11.1 Å². The smallest absolute Gasteiger partial charge is 0.325 e. The van der Waals surface area contributed by atoms with E-state index in [2.05, 4.69) is 20.5 Å². The van der Waals surface area contributed by atoms with E-state index in [1.165, 1.54) is 12.1 Å². The van der Waals surface area contributed by atoms with Crippen molar-refractivity contribution in [2.75, 3.05) is 11.1 Å². The van der Waals surface area contributed by atoms with Gasteiger partial charge >= 0.3 is 6.18 Å². The van der Waals surface area contributed by atoms with Gasteiger partial charge < -0.3 is 5.32 Å². The van der Waals surface area contributed by atoms with E-state index < -0.39 is 17.6 Å². The van der Waals surface area contributed by atoms with Crippen LogP contribution in [0.1, 0.15) is 30.1 Å². The summed E-state index contributed by atoms with van der Waals surface area (Å²) >= 11 is 1.14. The molecule has 23 heavy (non-hydrogen) atoms. The van der Waals surface area contributed by atoms with Crippen molar-refractivity contribution in [2.45, 2.75) is 30.1 Å². The topological polar surface area (TPSA) is 70.7 Å².